The molecular weight excluding hydrogens is 396 g/mol. The van der Waals surface area contributed by atoms with E-state index in [1.54, 1.807) is 9.80 Å². The van der Waals surface area contributed by atoms with E-state index in [0.29, 0.717) is 24.7 Å². The molecule has 5 aliphatic heterocycles. The summed E-state index contributed by atoms with van der Waals surface area (Å²) in [4.78, 5) is 3.57. The monoisotopic (exact) mass is 448 g/mol. The molecule has 0 aromatic carbocycles. The highest BCUT2D eigenvalue weighted by Gasteiger charge is 2.41. The van der Waals surface area contributed by atoms with Crippen LogP contribution in [0.1, 0.15) is 116 Å². The van der Waals surface area contributed by atoms with Crippen molar-refractivity contribution >= 4 is 0 Å². The van der Waals surface area contributed by atoms with Gasteiger partial charge in [-0.25, -0.2) is 0 Å². The van der Waals surface area contributed by atoms with Gasteiger partial charge in [-0.1, -0.05) is 51.4 Å². The summed E-state index contributed by atoms with van der Waals surface area (Å²) in [5.74, 6) is 1.65. The Hall–Kier alpha value is -0.160. The first kappa shape index (κ1) is 23.6. The van der Waals surface area contributed by atoms with Crippen molar-refractivity contribution in [2.24, 2.45) is 11.8 Å². The second-order valence-electron chi connectivity index (χ2n) is 12.0. The van der Waals surface area contributed by atoms with E-state index in [1.165, 1.54) is 142 Å². The lowest BCUT2D eigenvalue weighted by Gasteiger charge is -2.44. The Kier molecular flexibility index (Phi) is 8.84. The molecule has 0 spiro atoms. The van der Waals surface area contributed by atoms with Crippen LogP contribution in [-0.2, 0) is 9.47 Å². The first-order chi connectivity index (χ1) is 15.9. The van der Waals surface area contributed by atoms with Gasteiger partial charge in [0.15, 0.2) is 12.5 Å². The summed E-state index contributed by atoms with van der Waals surface area (Å²) in [6.45, 7) is 5.46. The lowest BCUT2D eigenvalue weighted by molar-refractivity contribution is -0.968. The quantitative estimate of drug-likeness (QED) is 0.594. The minimum absolute atomic E-state index is 0.525. The van der Waals surface area contributed by atoms with Crippen LogP contribution in [-0.4, -0.2) is 50.8 Å². The lowest BCUT2D eigenvalue weighted by atomic mass is 9.87. The first-order valence-electron chi connectivity index (χ1n) is 14.9. The average molecular weight is 449 g/mol. The third-order valence-corrected chi connectivity index (χ3v) is 9.76. The molecule has 5 heterocycles. The molecule has 5 fully saturated rings. The largest absolute Gasteiger partial charge is 0.325 e. The predicted octanol–water partition coefficient (Wildman–Crippen LogP) is 3.50. The van der Waals surface area contributed by atoms with Crippen LogP contribution >= 0.6 is 0 Å². The van der Waals surface area contributed by atoms with Gasteiger partial charge in [0, 0.05) is 24.7 Å². The van der Waals surface area contributed by atoms with Gasteiger partial charge < -0.3 is 19.3 Å². The number of fused-ring (bicyclic) bond motifs is 2. The second-order valence-corrected chi connectivity index (χ2v) is 12.0. The van der Waals surface area contributed by atoms with Crippen molar-refractivity contribution in [3.05, 3.63) is 0 Å². The van der Waals surface area contributed by atoms with Gasteiger partial charge in [0.05, 0.1) is 38.4 Å². The number of nitrogens with one attached hydrogen (secondary N) is 2. The molecule has 0 saturated carbocycles. The predicted molar refractivity (Wildman–Crippen MR) is 129 cm³/mol. The molecule has 32 heavy (non-hydrogen) atoms. The number of ether oxygens (including phenoxy) is 2. The Morgan fingerprint density at radius 2 is 0.781 bits per heavy atom. The maximum absolute atomic E-state index is 6.78. The highest BCUT2D eigenvalue weighted by molar-refractivity contribution is 4.75. The third kappa shape index (κ3) is 6.09. The van der Waals surface area contributed by atoms with E-state index in [-0.39, 0.29) is 0 Å². The van der Waals surface area contributed by atoms with Crippen molar-refractivity contribution in [3.8, 4) is 0 Å². The maximum atomic E-state index is 6.78. The molecule has 0 radical (unpaired) electrons. The lowest BCUT2D eigenvalue weighted by Crippen LogP contribution is -3.19. The second kappa shape index (κ2) is 12.0. The van der Waals surface area contributed by atoms with Gasteiger partial charge in [-0.15, -0.1) is 0 Å². The molecule has 5 aliphatic rings. The normalized spacial score (nSPS) is 45.0. The number of hydrogen-bond acceptors (Lipinski definition) is 2. The Morgan fingerprint density at radius 1 is 0.375 bits per heavy atom. The Balaban J connectivity index is 1.16. The summed E-state index contributed by atoms with van der Waals surface area (Å²) in [7, 11) is 0. The molecule has 0 amide bonds. The molecular formula is C28H52N2O2+2. The van der Waals surface area contributed by atoms with E-state index in [1.807, 2.05) is 0 Å². The summed E-state index contributed by atoms with van der Waals surface area (Å²) in [6.07, 6.45) is 27.1. The SMILES string of the molecule is C1CCC[C@H]2CCC[NH+]3CC[C@H](CCCCCC[C@H]4CCC[NH+]5CC[C@H](CC1)O[C@H]45)O[C@H]23. The van der Waals surface area contributed by atoms with Gasteiger partial charge in [-0.2, -0.15) is 0 Å². The number of quaternary nitrogens is 2. The Bertz CT molecular complexity index is 510. The standard InChI is InChI=1S/C28H50N2O2/c1-3-7-15-25-17-21-30-20-10-14-24(28(30)31-25)12-6-2-4-8-16-26-18-22-29-19-9-13-23(11-5-1)27(29)32-26/h23-28H,1-22H2/p+2/t23-,24-,25-,26-,27+,28+/m0/s1. The van der Waals surface area contributed by atoms with Crippen molar-refractivity contribution in [3.63, 3.8) is 0 Å². The van der Waals surface area contributed by atoms with Gasteiger partial charge >= 0.3 is 0 Å². The zero-order valence-electron chi connectivity index (χ0n) is 20.8. The van der Waals surface area contributed by atoms with Gasteiger partial charge in [0.25, 0.3) is 0 Å². The van der Waals surface area contributed by atoms with Gasteiger partial charge in [-0.05, 0) is 51.4 Å². The average Bonchev–Trinajstić information content (AvgIpc) is 2.83. The maximum Gasteiger partial charge on any atom is 0.194 e. The fourth-order valence-corrected chi connectivity index (χ4v) is 7.91. The molecule has 4 heteroatoms. The number of piperidine rings is 2. The highest BCUT2D eigenvalue weighted by atomic mass is 16.5. The Morgan fingerprint density at radius 3 is 1.25 bits per heavy atom. The smallest absolute Gasteiger partial charge is 0.194 e. The summed E-state index contributed by atoms with van der Waals surface area (Å²) < 4.78 is 13.6. The molecule has 0 aliphatic carbocycles. The molecule has 5 rings (SSSR count). The van der Waals surface area contributed by atoms with E-state index in [2.05, 4.69) is 0 Å². The summed E-state index contributed by atoms with van der Waals surface area (Å²) >= 11 is 0. The molecule has 0 aromatic heterocycles. The van der Waals surface area contributed by atoms with Gasteiger partial charge in [0.2, 0.25) is 0 Å². The Labute approximate surface area is 197 Å². The first-order valence-corrected chi connectivity index (χ1v) is 14.9. The van der Waals surface area contributed by atoms with Crippen molar-refractivity contribution < 1.29 is 19.3 Å². The van der Waals surface area contributed by atoms with E-state index >= 15 is 0 Å². The van der Waals surface area contributed by atoms with E-state index in [9.17, 15) is 0 Å². The van der Waals surface area contributed by atoms with Crippen LogP contribution in [0.15, 0.2) is 0 Å². The topological polar surface area (TPSA) is 27.3 Å². The van der Waals surface area contributed by atoms with Crippen molar-refractivity contribution in [2.75, 3.05) is 26.2 Å². The minimum atomic E-state index is 0.525. The summed E-state index contributed by atoms with van der Waals surface area (Å²) in [5.41, 5.74) is 0. The van der Waals surface area contributed by atoms with Crippen LogP contribution in [0.2, 0.25) is 0 Å². The molecule has 184 valence electrons. The van der Waals surface area contributed by atoms with Crippen LogP contribution < -0.4 is 9.80 Å². The fourth-order valence-electron chi connectivity index (χ4n) is 7.91. The molecule has 4 bridgehead atoms. The van der Waals surface area contributed by atoms with Gasteiger partial charge in [-0.3, -0.25) is 0 Å². The summed E-state index contributed by atoms with van der Waals surface area (Å²) in [5, 5.41) is 0. The number of hydrogen-bond donors (Lipinski definition) is 2. The van der Waals surface area contributed by atoms with Gasteiger partial charge in [0.1, 0.15) is 0 Å². The van der Waals surface area contributed by atoms with E-state index in [4.69, 9.17) is 9.47 Å². The van der Waals surface area contributed by atoms with E-state index < -0.39 is 0 Å². The minimum Gasteiger partial charge on any atom is -0.325 e. The molecule has 0 aromatic rings. The van der Waals surface area contributed by atoms with Crippen molar-refractivity contribution in [1.29, 1.82) is 0 Å². The van der Waals surface area contributed by atoms with Crippen LogP contribution in [0, 0.1) is 11.8 Å². The number of rotatable bonds is 0. The van der Waals surface area contributed by atoms with Crippen molar-refractivity contribution in [2.45, 2.75) is 140 Å². The molecule has 8 atom stereocenters. The van der Waals surface area contributed by atoms with Crippen molar-refractivity contribution in [1.82, 2.24) is 0 Å². The zero-order chi connectivity index (χ0) is 21.6. The third-order valence-electron chi connectivity index (χ3n) is 9.76. The highest BCUT2D eigenvalue weighted by Crippen LogP contribution is 2.29. The summed E-state index contributed by atoms with van der Waals surface area (Å²) in [6, 6.07) is 0. The van der Waals surface area contributed by atoms with Crippen LogP contribution in [0.25, 0.3) is 0 Å². The van der Waals surface area contributed by atoms with E-state index in [0.717, 1.165) is 11.8 Å². The molecule has 2 unspecified atom stereocenters. The molecule has 4 nitrogen and oxygen atoms in total. The fraction of sp³-hybridized carbons (Fsp3) is 1.00. The van der Waals surface area contributed by atoms with Crippen LogP contribution in [0.3, 0.4) is 0 Å². The van der Waals surface area contributed by atoms with Crippen LogP contribution in [0.5, 0.6) is 0 Å². The van der Waals surface area contributed by atoms with Crippen LogP contribution in [0.4, 0.5) is 0 Å². The molecule has 2 N–H and O–H groups in total. The molecule has 5 saturated heterocycles. The zero-order valence-corrected chi connectivity index (χ0v) is 20.8.